The van der Waals surface area contributed by atoms with Crippen molar-refractivity contribution in [1.29, 1.82) is 0 Å². The van der Waals surface area contributed by atoms with Gasteiger partial charge in [-0.1, -0.05) is 35.4 Å². The molecule has 1 heterocycles. The second kappa shape index (κ2) is 8.37. The van der Waals surface area contributed by atoms with Gasteiger partial charge in [0.15, 0.2) is 0 Å². The van der Waals surface area contributed by atoms with E-state index in [0.29, 0.717) is 0 Å². The Hall–Kier alpha value is -1.32. The van der Waals surface area contributed by atoms with Gasteiger partial charge in [0.1, 0.15) is 0 Å². The van der Waals surface area contributed by atoms with Crippen molar-refractivity contribution in [3.05, 3.63) is 76.4 Å². The molecule has 0 saturated heterocycles. The molecule has 0 aliphatic heterocycles. The summed E-state index contributed by atoms with van der Waals surface area (Å²) in [5, 5.41) is 0. The summed E-state index contributed by atoms with van der Waals surface area (Å²) in [4.78, 5) is 0. The average Bonchev–Trinajstić information content (AvgIpc) is 2.85. The van der Waals surface area contributed by atoms with Gasteiger partial charge in [0.25, 0.3) is 6.33 Å². The fraction of sp³-hybridized carbons (Fsp3) is 0.286. The molecule has 0 fully saturated rings. The van der Waals surface area contributed by atoms with Crippen LogP contribution in [0.2, 0.25) is 0 Å². The number of aromatic nitrogens is 2. The van der Waals surface area contributed by atoms with Gasteiger partial charge in [-0.2, -0.15) is 0 Å². The van der Waals surface area contributed by atoms with Crippen LogP contribution in [0.5, 0.6) is 0 Å². The maximum atomic E-state index is 3.48. The first kappa shape index (κ1) is 21.7. The number of nitrogens with zero attached hydrogens (tertiary/aromatic N) is 2. The van der Waals surface area contributed by atoms with Crippen LogP contribution in [0.15, 0.2) is 36.7 Å². The van der Waals surface area contributed by atoms with Gasteiger partial charge in [0.2, 0.25) is 0 Å². The Morgan fingerprint density at radius 3 is 1.68 bits per heavy atom. The monoisotopic (exact) mass is 536 g/mol. The molecule has 0 aliphatic carbocycles. The number of halogens is 1. The van der Waals surface area contributed by atoms with E-state index in [1.807, 2.05) is 0 Å². The Morgan fingerprint density at radius 1 is 0.760 bits per heavy atom. The maximum absolute atomic E-state index is 3.48. The van der Waals surface area contributed by atoms with Crippen LogP contribution in [-0.2, 0) is 22.4 Å². The zero-order valence-corrected chi connectivity index (χ0v) is 18.5. The first-order valence-electron chi connectivity index (χ1n) is 8.05. The molecule has 2 nitrogen and oxygen atoms in total. The van der Waals surface area contributed by atoms with Gasteiger partial charge in [-0.05, 0) is 63.8 Å². The summed E-state index contributed by atoms with van der Waals surface area (Å²) in [6.45, 7) is 12.9. The van der Waals surface area contributed by atoms with E-state index in [4.69, 9.17) is 0 Å². The van der Waals surface area contributed by atoms with Crippen LogP contribution < -0.4 is 17.0 Å². The van der Waals surface area contributed by atoms with Crippen LogP contribution in [0.1, 0.15) is 33.4 Å². The SMILES string of the molecule is Cc1cc(C)c(-n2[c-][n+](-c3c(C)cc(C)cc3C)cc2)c(C)c1.[Au+].[Cl-]. The van der Waals surface area contributed by atoms with E-state index >= 15 is 0 Å². The van der Waals surface area contributed by atoms with Gasteiger partial charge >= 0.3 is 22.4 Å². The normalized spacial score (nSPS) is 10.2. The van der Waals surface area contributed by atoms with E-state index in [9.17, 15) is 0 Å². The van der Waals surface area contributed by atoms with Gasteiger partial charge in [-0.25, -0.2) is 0 Å². The minimum absolute atomic E-state index is 0. The molecule has 0 bridgehead atoms. The standard InChI is InChI=1S/C21H24N2.Au.ClH/c1-14-9-16(3)20(17(4)10-14)22-7-8-23(13-22)21-18(5)11-15(2)12-19(21)6;;/h7-12H,1-6H3;;1H/q;+1;/p-1. The van der Waals surface area contributed by atoms with Crippen molar-refractivity contribution in [2.45, 2.75) is 41.5 Å². The Morgan fingerprint density at radius 2 is 1.20 bits per heavy atom. The van der Waals surface area contributed by atoms with Crippen LogP contribution in [-0.4, -0.2) is 4.57 Å². The molecule has 0 atom stereocenters. The molecule has 25 heavy (non-hydrogen) atoms. The Balaban J connectivity index is 0.00000156. The van der Waals surface area contributed by atoms with Crippen molar-refractivity contribution in [2.24, 2.45) is 0 Å². The van der Waals surface area contributed by atoms with E-state index in [0.717, 1.165) is 0 Å². The van der Waals surface area contributed by atoms with Gasteiger partial charge < -0.3 is 12.4 Å². The smallest absolute Gasteiger partial charge is 1.00 e. The zero-order valence-electron chi connectivity index (χ0n) is 15.5. The summed E-state index contributed by atoms with van der Waals surface area (Å²) in [5.74, 6) is 0. The van der Waals surface area contributed by atoms with Crippen LogP contribution in [0.3, 0.4) is 0 Å². The predicted octanol–water partition coefficient (Wildman–Crippen LogP) is 1.41. The molecule has 1 aromatic heterocycles. The number of hydrogen-bond donors (Lipinski definition) is 0. The van der Waals surface area contributed by atoms with Crippen molar-refractivity contribution in [3.8, 4) is 11.4 Å². The Kier molecular flexibility index (Phi) is 7.28. The third-order valence-corrected chi connectivity index (χ3v) is 4.33. The first-order valence-corrected chi connectivity index (χ1v) is 8.05. The summed E-state index contributed by atoms with van der Waals surface area (Å²) in [7, 11) is 0. The summed E-state index contributed by atoms with van der Waals surface area (Å²) >= 11 is 0. The van der Waals surface area contributed by atoms with E-state index in [2.05, 4.69) is 93.7 Å². The zero-order chi connectivity index (χ0) is 16.7. The summed E-state index contributed by atoms with van der Waals surface area (Å²) in [6, 6.07) is 8.90. The molecule has 0 saturated carbocycles. The average molecular weight is 537 g/mol. The number of hydrogen-bond acceptors (Lipinski definition) is 0. The minimum atomic E-state index is 0. The molecule has 0 spiro atoms. The molecule has 4 heteroatoms. The van der Waals surface area contributed by atoms with Crippen molar-refractivity contribution in [2.75, 3.05) is 0 Å². The van der Waals surface area contributed by atoms with Gasteiger partial charge in [-0.15, -0.1) is 0 Å². The third-order valence-electron chi connectivity index (χ3n) is 4.33. The minimum Gasteiger partial charge on any atom is -1.00 e. The number of rotatable bonds is 2. The molecule has 0 unspecified atom stereocenters. The molecule has 0 aliphatic rings. The molecule has 136 valence electrons. The predicted molar refractivity (Wildman–Crippen MR) is 94.6 cm³/mol. The topological polar surface area (TPSA) is 8.81 Å². The molecule has 0 amide bonds. The summed E-state index contributed by atoms with van der Waals surface area (Å²) < 4.78 is 4.20. The molecule has 0 radical (unpaired) electrons. The van der Waals surface area contributed by atoms with Crippen molar-refractivity contribution >= 4 is 0 Å². The fourth-order valence-corrected chi connectivity index (χ4v) is 3.67. The fourth-order valence-electron chi connectivity index (χ4n) is 3.67. The van der Waals surface area contributed by atoms with Crippen LogP contribution in [0, 0.1) is 47.9 Å². The quantitative estimate of drug-likeness (QED) is 0.266. The third kappa shape index (κ3) is 4.27. The molecular weight excluding hydrogens is 513 g/mol. The van der Waals surface area contributed by atoms with E-state index in [-0.39, 0.29) is 34.8 Å². The molecule has 3 aromatic rings. The van der Waals surface area contributed by atoms with Crippen molar-refractivity contribution in [1.82, 2.24) is 4.57 Å². The Bertz CT molecular complexity index is 779. The molecule has 0 N–H and O–H groups in total. The molecule has 3 rings (SSSR count). The Labute approximate surface area is 172 Å². The van der Waals surface area contributed by atoms with Crippen LogP contribution in [0.4, 0.5) is 0 Å². The second-order valence-electron chi connectivity index (χ2n) is 6.63. The van der Waals surface area contributed by atoms with Gasteiger partial charge in [0, 0.05) is 12.4 Å². The van der Waals surface area contributed by atoms with Crippen molar-refractivity contribution in [3.63, 3.8) is 0 Å². The molecule has 2 aromatic carbocycles. The van der Waals surface area contributed by atoms with E-state index in [1.54, 1.807) is 0 Å². The van der Waals surface area contributed by atoms with Gasteiger partial charge in [0.05, 0.1) is 11.4 Å². The second-order valence-corrected chi connectivity index (χ2v) is 6.63. The summed E-state index contributed by atoms with van der Waals surface area (Å²) in [6.07, 6.45) is 7.65. The van der Waals surface area contributed by atoms with Crippen LogP contribution >= 0.6 is 0 Å². The van der Waals surface area contributed by atoms with Crippen LogP contribution in [0.25, 0.3) is 11.4 Å². The number of benzene rings is 2. The van der Waals surface area contributed by atoms with E-state index < -0.39 is 0 Å². The first-order chi connectivity index (χ1) is 10.9. The van der Waals surface area contributed by atoms with Crippen molar-refractivity contribution < 1.29 is 39.4 Å². The number of aryl methyl sites for hydroxylation is 6. The maximum Gasteiger partial charge on any atom is 1.00 e. The molecular formula is C21H24AuClN2. The largest absolute Gasteiger partial charge is 1.00 e. The number of imidazole rings is 1. The van der Waals surface area contributed by atoms with Gasteiger partial charge in [-0.3, -0.25) is 9.13 Å². The summed E-state index contributed by atoms with van der Waals surface area (Å²) in [5.41, 5.74) is 10.1. The van der Waals surface area contributed by atoms with E-state index in [1.165, 1.54) is 44.8 Å².